The van der Waals surface area contributed by atoms with E-state index in [2.05, 4.69) is 5.32 Å². The van der Waals surface area contributed by atoms with E-state index in [-0.39, 0.29) is 19.5 Å². The van der Waals surface area contributed by atoms with Gasteiger partial charge in [-0.05, 0) is 74.0 Å². The Labute approximate surface area is 259 Å². The number of hydrogen-bond donors (Lipinski definition) is 3. The monoisotopic (exact) mass is 646 g/mol. The van der Waals surface area contributed by atoms with Crippen molar-refractivity contribution in [1.82, 2.24) is 15.1 Å². The van der Waals surface area contributed by atoms with E-state index in [0.29, 0.717) is 63.4 Å². The van der Waals surface area contributed by atoms with Crippen LogP contribution >= 0.6 is 46.4 Å². The molecule has 0 aliphatic carbocycles. The molecule has 2 aromatic carbocycles. The van der Waals surface area contributed by atoms with Gasteiger partial charge in [0.2, 0.25) is 17.7 Å². The zero-order chi connectivity index (χ0) is 30.5. The maximum atomic E-state index is 13.7. The highest BCUT2D eigenvalue weighted by Crippen LogP contribution is 2.23. The number of nitrogens with one attached hydrogen (secondary N) is 1. The van der Waals surface area contributed by atoms with Gasteiger partial charge in [-0.3, -0.25) is 19.2 Å². The van der Waals surface area contributed by atoms with Crippen molar-refractivity contribution >= 4 is 70.1 Å². The van der Waals surface area contributed by atoms with E-state index in [1.54, 1.807) is 36.4 Å². The number of unbranched alkanes of at least 4 members (excludes halogenated alkanes) is 1. The van der Waals surface area contributed by atoms with Crippen molar-refractivity contribution in [3.8, 4) is 0 Å². The lowest BCUT2D eigenvalue weighted by Gasteiger charge is -2.30. The average molecular weight is 648 g/mol. The van der Waals surface area contributed by atoms with Gasteiger partial charge in [0.15, 0.2) is 0 Å². The molecule has 2 aromatic rings. The van der Waals surface area contributed by atoms with Crippen LogP contribution in [0.5, 0.6) is 0 Å². The first-order valence-electron chi connectivity index (χ1n) is 13.0. The molecule has 0 aliphatic heterocycles. The van der Waals surface area contributed by atoms with E-state index in [0.717, 1.165) is 4.90 Å². The lowest BCUT2D eigenvalue weighted by atomic mass is 10.1. The number of benzene rings is 2. The summed E-state index contributed by atoms with van der Waals surface area (Å²) in [6.45, 7) is 0.897. The van der Waals surface area contributed by atoms with Crippen LogP contribution in [-0.4, -0.2) is 77.4 Å². The Hall–Kier alpha value is -2.56. The van der Waals surface area contributed by atoms with Gasteiger partial charge in [-0.1, -0.05) is 58.5 Å². The number of nitrogens with zero attached hydrogens (tertiary/aromatic N) is 2. The predicted octanol–water partition coefficient (Wildman–Crippen LogP) is 4.46. The molecule has 3 amide bonds. The number of halogens is 4. The third-order valence-electron chi connectivity index (χ3n) is 6.27. The predicted molar refractivity (Wildman–Crippen MR) is 162 cm³/mol. The van der Waals surface area contributed by atoms with Gasteiger partial charge < -0.3 is 26.0 Å². The molecule has 4 N–H and O–H groups in total. The Morgan fingerprint density at radius 2 is 1.39 bits per heavy atom. The molecule has 0 saturated carbocycles. The van der Waals surface area contributed by atoms with Crippen LogP contribution in [-0.2, 0) is 32.0 Å². The van der Waals surface area contributed by atoms with Crippen molar-refractivity contribution in [2.75, 3.05) is 32.7 Å². The third-order valence-corrected chi connectivity index (χ3v) is 7.45. The highest BCUT2D eigenvalue weighted by molar-refractivity contribution is 6.35. The Morgan fingerprint density at radius 1 is 0.854 bits per heavy atom. The molecule has 1 unspecified atom stereocenters. The molecule has 0 bridgehead atoms. The smallest absolute Gasteiger partial charge is 0.323 e. The van der Waals surface area contributed by atoms with E-state index < -0.39 is 42.8 Å². The molecule has 0 radical (unpaired) electrons. The second-order valence-electron chi connectivity index (χ2n) is 9.48. The quantitative estimate of drug-likeness (QED) is 0.231. The normalized spacial score (nSPS) is 11.6. The largest absolute Gasteiger partial charge is 0.480 e. The number of aliphatic carboxylic acids is 1. The van der Waals surface area contributed by atoms with Gasteiger partial charge in [-0.25, -0.2) is 0 Å². The van der Waals surface area contributed by atoms with Crippen LogP contribution in [0.3, 0.4) is 0 Å². The topological polar surface area (TPSA) is 133 Å². The van der Waals surface area contributed by atoms with Crippen LogP contribution in [0.2, 0.25) is 20.1 Å². The molecule has 0 spiro atoms. The number of hydrogen-bond acceptors (Lipinski definition) is 5. The minimum atomic E-state index is -1.20. The summed E-state index contributed by atoms with van der Waals surface area (Å²) in [5, 5.41) is 13.9. The van der Waals surface area contributed by atoms with Crippen LogP contribution in [0.25, 0.3) is 0 Å². The standard InChI is InChI=1S/C28H34Cl4N4O5/c1-18(37)34-25(4-2-3-11-33)28(41)36(13-10-20-6-8-22(30)15-24(20)32)16-26(38)35(17-27(39)40)12-9-19-5-7-21(29)14-23(19)31/h5-8,14-15,25H,2-4,9-13,16-17,33H2,1H3,(H,34,37)(H,39,40). The second-order valence-corrected chi connectivity index (χ2v) is 11.2. The summed E-state index contributed by atoms with van der Waals surface area (Å²) in [5.74, 6) is -2.64. The summed E-state index contributed by atoms with van der Waals surface area (Å²) in [6.07, 6.45) is 2.14. The molecular weight excluding hydrogens is 614 g/mol. The van der Waals surface area contributed by atoms with Crippen LogP contribution in [0.4, 0.5) is 0 Å². The minimum Gasteiger partial charge on any atom is -0.480 e. The molecule has 0 saturated heterocycles. The van der Waals surface area contributed by atoms with Crippen molar-refractivity contribution in [3.63, 3.8) is 0 Å². The summed E-state index contributed by atoms with van der Waals surface area (Å²) in [6, 6.07) is 9.03. The van der Waals surface area contributed by atoms with Gasteiger partial charge in [0.1, 0.15) is 12.6 Å². The molecule has 9 nitrogen and oxygen atoms in total. The first kappa shape index (κ1) is 34.6. The molecule has 0 heterocycles. The fourth-order valence-corrected chi connectivity index (χ4v) is 5.17. The first-order valence-corrected chi connectivity index (χ1v) is 14.6. The number of amides is 3. The molecule has 2 rings (SSSR count). The SMILES string of the molecule is CC(=O)NC(CCCCN)C(=O)N(CCc1ccc(Cl)cc1Cl)CC(=O)N(CCc1ccc(Cl)cc1Cl)CC(=O)O. The number of carbonyl (C=O) groups excluding carboxylic acids is 3. The maximum Gasteiger partial charge on any atom is 0.323 e. The molecular formula is C28H34Cl4N4O5. The molecule has 224 valence electrons. The first-order chi connectivity index (χ1) is 19.4. The van der Waals surface area contributed by atoms with E-state index >= 15 is 0 Å². The summed E-state index contributed by atoms with van der Waals surface area (Å²) in [4.78, 5) is 53.1. The van der Waals surface area contributed by atoms with E-state index in [1.165, 1.54) is 11.8 Å². The fraction of sp³-hybridized carbons (Fsp3) is 0.429. The molecule has 1 atom stereocenters. The van der Waals surface area contributed by atoms with Gasteiger partial charge in [0.25, 0.3) is 0 Å². The Balaban J connectivity index is 2.29. The highest BCUT2D eigenvalue weighted by atomic mass is 35.5. The van der Waals surface area contributed by atoms with Crippen molar-refractivity contribution in [3.05, 3.63) is 67.6 Å². The van der Waals surface area contributed by atoms with Crippen molar-refractivity contribution in [2.45, 2.75) is 45.1 Å². The molecule has 0 aromatic heterocycles. The van der Waals surface area contributed by atoms with Gasteiger partial charge in [0.05, 0.1) is 6.54 Å². The average Bonchev–Trinajstić information content (AvgIpc) is 2.89. The second kappa shape index (κ2) is 17.4. The Bertz CT molecular complexity index is 1230. The van der Waals surface area contributed by atoms with Gasteiger partial charge >= 0.3 is 5.97 Å². The summed E-state index contributed by atoms with van der Waals surface area (Å²) in [7, 11) is 0. The number of rotatable bonds is 16. The van der Waals surface area contributed by atoms with Crippen LogP contribution in [0, 0.1) is 0 Å². The lowest BCUT2D eigenvalue weighted by molar-refractivity contribution is -0.147. The van der Waals surface area contributed by atoms with Crippen LogP contribution in [0.1, 0.15) is 37.3 Å². The highest BCUT2D eigenvalue weighted by Gasteiger charge is 2.28. The molecule has 0 aliphatic rings. The van der Waals surface area contributed by atoms with E-state index in [9.17, 15) is 24.3 Å². The van der Waals surface area contributed by atoms with Gasteiger partial charge in [-0.2, -0.15) is 0 Å². The summed E-state index contributed by atoms with van der Waals surface area (Å²) < 4.78 is 0. The Morgan fingerprint density at radius 3 is 1.85 bits per heavy atom. The summed E-state index contributed by atoms with van der Waals surface area (Å²) >= 11 is 24.6. The molecule has 0 fully saturated rings. The van der Waals surface area contributed by atoms with Gasteiger partial charge in [0, 0.05) is 40.1 Å². The lowest BCUT2D eigenvalue weighted by Crippen LogP contribution is -2.52. The number of carboxylic acid groups (broad SMARTS) is 1. The Kier molecular flexibility index (Phi) is 14.7. The molecule has 41 heavy (non-hydrogen) atoms. The minimum absolute atomic E-state index is 0.0448. The van der Waals surface area contributed by atoms with Crippen molar-refractivity contribution in [1.29, 1.82) is 0 Å². The third kappa shape index (κ3) is 12.1. The van der Waals surface area contributed by atoms with Gasteiger partial charge in [-0.15, -0.1) is 0 Å². The van der Waals surface area contributed by atoms with E-state index in [1.807, 2.05) is 0 Å². The number of carboxylic acids is 1. The zero-order valence-corrected chi connectivity index (χ0v) is 25.7. The van der Waals surface area contributed by atoms with Crippen molar-refractivity contribution in [2.24, 2.45) is 5.73 Å². The van der Waals surface area contributed by atoms with Crippen LogP contribution in [0.15, 0.2) is 36.4 Å². The zero-order valence-electron chi connectivity index (χ0n) is 22.7. The van der Waals surface area contributed by atoms with Crippen molar-refractivity contribution < 1.29 is 24.3 Å². The van der Waals surface area contributed by atoms with E-state index in [4.69, 9.17) is 52.1 Å². The number of carbonyl (C=O) groups is 4. The fourth-order valence-electron chi connectivity index (χ4n) is 4.16. The summed E-state index contributed by atoms with van der Waals surface area (Å²) in [5.41, 5.74) is 7.00. The molecule has 13 heteroatoms. The maximum absolute atomic E-state index is 13.7. The number of nitrogens with two attached hydrogens (primary N) is 1. The van der Waals surface area contributed by atoms with Crippen LogP contribution < -0.4 is 11.1 Å².